The first-order valence-electron chi connectivity index (χ1n) is 6.71. The minimum Gasteiger partial charge on any atom is -0.357 e. The molecule has 0 bridgehead atoms. The number of guanidine groups is 1. The van der Waals surface area contributed by atoms with Crippen molar-refractivity contribution >= 4 is 34.5 Å². The number of nitrogens with zero attached hydrogens (tertiary/aromatic N) is 2. The Balaban J connectivity index is 2.03. The van der Waals surface area contributed by atoms with Gasteiger partial charge in [-0.25, -0.2) is 19.3 Å². The third kappa shape index (κ3) is 1.84. The van der Waals surface area contributed by atoms with E-state index in [0.717, 1.165) is 11.0 Å². The molecule has 0 radical (unpaired) electrons. The van der Waals surface area contributed by atoms with Gasteiger partial charge < -0.3 is 5.73 Å². The van der Waals surface area contributed by atoms with Gasteiger partial charge in [0, 0.05) is 0 Å². The SMILES string of the molecule is NC1=N[C@@H](c2c(F)cccc2Cl)[n+]2c([nH]c3ccccc32)N1. The van der Waals surface area contributed by atoms with Gasteiger partial charge in [-0.3, -0.25) is 0 Å². The topological polar surface area (TPSA) is 70.1 Å². The average Bonchev–Trinajstić information content (AvgIpc) is 2.84. The lowest BCUT2D eigenvalue weighted by Gasteiger charge is -2.19. The number of aromatic nitrogens is 2. The molecule has 0 spiro atoms. The lowest BCUT2D eigenvalue weighted by molar-refractivity contribution is -0.674. The normalized spacial score (nSPS) is 17.0. The molecule has 2 heterocycles. The summed E-state index contributed by atoms with van der Waals surface area (Å²) in [5.41, 5.74) is 7.91. The van der Waals surface area contributed by atoms with Crippen molar-refractivity contribution in [2.45, 2.75) is 6.17 Å². The quantitative estimate of drug-likeness (QED) is 0.604. The number of anilines is 1. The van der Waals surface area contributed by atoms with Crippen molar-refractivity contribution in [3.8, 4) is 0 Å². The number of hydrogen-bond acceptors (Lipinski definition) is 3. The standard InChI is InChI=1S/C15H11ClFN5/c16-8-4-3-5-9(17)12(8)13-20-14(18)21-15-19-10-6-1-2-7-11(10)22(13)15/h1-7,13H,(H3,18,19,20,21)/p+1/t13-/m1/s1. The molecule has 2 aromatic carbocycles. The molecule has 0 aliphatic carbocycles. The van der Waals surface area contributed by atoms with Crippen LogP contribution in [0.15, 0.2) is 47.5 Å². The molecule has 1 aliphatic heterocycles. The molecule has 7 heteroatoms. The van der Waals surface area contributed by atoms with E-state index in [4.69, 9.17) is 17.3 Å². The smallest absolute Gasteiger partial charge is 0.357 e. The van der Waals surface area contributed by atoms with Gasteiger partial charge in [0.15, 0.2) is 0 Å². The van der Waals surface area contributed by atoms with E-state index in [-0.39, 0.29) is 5.96 Å². The van der Waals surface area contributed by atoms with Gasteiger partial charge in [-0.05, 0) is 24.3 Å². The molecule has 3 aromatic rings. The number of nitrogens with two attached hydrogens (primary N) is 1. The second kappa shape index (κ2) is 4.71. The van der Waals surface area contributed by atoms with Gasteiger partial charge >= 0.3 is 5.95 Å². The van der Waals surface area contributed by atoms with E-state index in [2.05, 4.69) is 15.3 Å². The van der Waals surface area contributed by atoms with Crippen molar-refractivity contribution in [1.29, 1.82) is 0 Å². The summed E-state index contributed by atoms with van der Waals surface area (Å²) in [4.78, 5) is 7.55. The number of aromatic amines is 1. The van der Waals surface area contributed by atoms with E-state index in [0.29, 0.717) is 16.5 Å². The number of para-hydroxylation sites is 2. The molecule has 0 fully saturated rings. The predicted octanol–water partition coefficient (Wildman–Crippen LogP) is 2.54. The fraction of sp³-hybridized carbons (Fsp3) is 0.0667. The monoisotopic (exact) mass is 316 g/mol. The van der Waals surface area contributed by atoms with Gasteiger partial charge in [0.1, 0.15) is 16.9 Å². The maximum atomic E-state index is 14.3. The van der Waals surface area contributed by atoms with E-state index in [1.165, 1.54) is 6.07 Å². The van der Waals surface area contributed by atoms with Crippen LogP contribution in [0.25, 0.3) is 11.0 Å². The number of benzene rings is 2. The molecular formula is C15H12ClFN5+. The minimum absolute atomic E-state index is 0.205. The lowest BCUT2D eigenvalue weighted by Crippen LogP contribution is -2.48. The van der Waals surface area contributed by atoms with Crippen molar-refractivity contribution in [3.05, 3.63) is 58.9 Å². The van der Waals surface area contributed by atoms with Crippen molar-refractivity contribution < 1.29 is 8.96 Å². The highest BCUT2D eigenvalue weighted by atomic mass is 35.5. The first kappa shape index (κ1) is 13.1. The highest BCUT2D eigenvalue weighted by molar-refractivity contribution is 6.31. The summed E-state index contributed by atoms with van der Waals surface area (Å²) in [5, 5.41) is 3.27. The van der Waals surface area contributed by atoms with Crippen LogP contribution in [0, 0.1) is 5.82 Å². The largest absolute Gasteiger partial charge is 0.365 e. The number of H-pyrrole nitrogens is 1. The number of aliphatic imine (C=N–C) groups is 1. The Labute approximate surface area is 130 Å². The first-order valence-corrected chi connectivity index (χ1v) is 7.09. The molecule has 5 nitrogen and oxygen atoms in total. The minimum atomic E-state index is -0.666. The summed E-state index contributed by atoms with van der Waals surface area (Å²) in [6.45, 7) is 0. The van der Waals surface area contributed by atoms with Crippen molar-refractivity contribution in [1.82, 2.24) is 4.98 Å². The van der Waals surface area contributed by atoms with E-state index >= 15 is 0 Å². The van der Waals surface area contributed by atoms with Crippen molar-refractivity contribution in [2.75, 3.05) is 5.32 Å². The molecule has 4 rings (SSSR count). The number of rotatable bonds is 1. The number of nitrogens with one attached hydrogen (secondary N) is 2. The van der Waals surface area contributed by atoms with Crippen LogP contribution in [0.5, 0.6) is 0 Å². The lowest BCUT2D eigenvalue weighted by atomic mass is 10.1. The van der Waals surface area contributed by atoms with Gasteiger partial charge in [0.2, 0.25) is 6.17 Å². The zero-order valence-corrected chi connectivity index (χ0v) is 12.1. The van der Waals surface area contributed by atoms with Crippen LogP contribution in [-0.4, -0.2) is 10.9 Å². The van der Waals surface area contributed by atoms with Gasteiger partial charge in [-0.15, -0.1) is 0 Å². The second-order valence-corrected chi connectivity index (χ2v) is 5.42. The molecule has 1 aliphatic rings. The Morgan fingerprint density at radius 3 is 2.82 bits per heavy atom. The maximum Gasteiger partial charge on any atom is 0.365 e. The maximum absolute atomic E-state index is 14.3. The predicted molar refractivity (Wildman–Crippen MR) is 83.3 cm³/mol. The van der Waals surface area contributed by atoms with E-state index in [9.17, 15) is 4.39 Å². The number of fused-ring (bicyclic) bond motifs is 3. The molecule has 1 atom stereocenters. The molecule has 0 saturated carbocycles. The Morgan fingerprint density at radius 2 is 2.00 bits per heavy atom. The zero-order chi connectivity index (χ0) is 15.3. The van der Waals surface area contributed by atoms with Crippen molar-refractivity contribution in [3.63, 3.8) is 0 Å². The highest BCUT2D eigenvalue weighted by Gasteiger charge is 2.33. The molecule has 0 unspecified atom stereocenters. The van der Waals surface area contributed by atoms with Gasteiger partial charge in [0.05, 0.1) is 10.6 Å². The van der Waals surface area contributed by atoms with Crippen molar-refractivity contribution in [2.24, 2.45) is 10.7 Å². The Hall–Kier alpha value is -2.60. The summed E-state index contributed by atoms with van der Waals surface area (Å²) in [5.74, 6) is 0.425. The van der Waals surface area contributed by atoms with Gasteiger partial charge in [0.25, 0.3) is 5.96 Å². The van der Waals surface area contributed by atoms with Crippen LogP contribution in [0.3, 0.4) is 0 Å². The molecule has 22 heavy (non-hydrogen) atoms. The zero-order valence-electron chi connectivity index (χ0n) is 11.3. The van der Waals surface area contributed by atoms with Crippen LogP contribution < -0.4 is 15.6 Å². The summed E-state index contributed by atoms with van der Waals surface area (Å²) >= 11 is 6.20. The Kier molecular flexibility index (Phi) is 2.80. The Morgan fingerprint density at radius 1 is 1.18 bits per heavy atom. The first-order chi connectivity index (χ1) is 10.6. The average molecular weight is 317 g/mol. The van der Waals surface area contributed by atoms with Crippen LogP contribution in [-0.2, 0) is 0 Å². The summed E-state index contributed by atoms with van der Waals surface area (Å²) in [6, 6.07) is 12.3. The molecular weight excluding hydrogens is 305 g/mol. The summed E-state index contributed by atoms with van der Waals surface area (Å²) in [7, 11) is 0. The second-order valence-electron chi connectivity index (χ2n) is 5.01. The third-order valence-electron chi connectivity index (χ3n) is 3.67. The number of hydrogen-bond donors (Lipinski definition) is 3. The van der Waals surface area contributed by atoms with Crippen LogP contribution in [0.2, 0.25) is 5.02 Å². The van der Waals surface area contributed by atoms with E-state index in [1.807, 2.05) is 28.8 Å². The molecule has 0 amide bonds. The molecule has 110 valence electrons. The van der Waals surface area contributed by atoms with Gasteiger partial charge in [-0.2, -0.15) is 4.99 Å². The fourth-order valence-corrected chi connectivity index (χ4v) is 3.00. The molecule has 0 saturated heterocycles. The van der Waals surface area contributed by atoms with Crippen LogP contribution in [0.1, 0.15) is 11.7 Å². The highest BCUT2D eigenvalue weighted by Crippen LogP contribution is 2.30. The molecule has 1 aromatic heterocycles. The third-order valence-corrected chi connectivity index (χ3v) is 4.00. The molecule has 4 N–H and O–H groups in total. The van der Waals surface area contributed by atoms with Gasteiger partial charge in [-0.1, -0.05) is 29.8 Å². The van der Waals surface area contributed by atoms with Crippen LogP contribution >= 0.6 is 11.6 Å². The summed E-state index contributed by atoms with van der Waals surface area (Å²) < 4.78 is 16.2. The Bertz CT molecular complexity index is 897. The van der Waals surface area contributed by atoms with E-state index in [1.54, 1.807) is 12.1 Å². The number of imidazole rings is 1. The fourth-order valence-electron chi connectivity index (χ4n) is 2.74. The summed E-state index contributed by atoms with van der Waals surface area (Å²) in [6.07, 6.45) is -0.666. The van der Waals surface area contributed by atoms with E-state index < -0.39 is 12.0 Å². The number of halogens is 2. The van der Waals surface area contributed by atoms with Crippen LogP contribution in [0.4, 0.5) is 10.3 Å².